The molecule has 0 aliphatic heterocycles. The maximum atomic E-state index is 14.0. The van der Waals surface area contributed by atoms with E-state index in [1.807, 2.05) is 6.92 Å². The SMILES string of the molecule is Cc1ccc(F)c(-c2cc(F)ccc2CNC2CC2)c1. The molecule has 2 aromatic carbocycles. The van der Waals surface area contributed by atoms with E-state index in [1.54, 1.807) is 18.2 Å². The first kappa shape index (κ1) is 13.3. The quantitative estimate of drug-likeness (QED) is 0.880. The van der Waals surface area contributed by atoms with Gasteiger partial charge in [0.05, 0.1) is 0 Å². The molecule has 0 spiro atoms. The van der Waals surface area contributed by atoms with Crippen LogP contribution in [0.3, 0.4) is 0 Å². The Morgan fingerprint density at radius 3 is 2.60 bits per heavy atom. The second-order valence-corrected chi connectivity index (χ2v) is 5.44. The molecule has 0 amide bonds. The molecule has 1 aliphatic rings. The molecule has 0 atom stereocenters. The van der Waals surface area contributed by atoms with Crippen LogP contribution < -0.4 is 5.32 Å². The van der Waals surface area contributed by atoms with Crippen molar-refractivity contribution in [3.8, 4) is 11.1 Å². The van der Waals surface area contributed by atoms with Gasteiger partial charge in [0.15, 0.2) is 0 Å². The summed E-state index contributed by atoms with van der Waals surface area (Å²) in [6, 6.07) is 10.1. The molecule has 1 aliphatic carbocycles. The van der Waals surface area contributed by atoms with Crippen molar-refractivity contribution in [3.63, 3.8) is 0 Å². The van der Waals surface area contributed by atoms with E-state index in [0.717, 1.165) is 11.1 Å². The molecule has 1 nitrogen and oxygen atoms in total. The summed E-state index contributed by atoms with van der Waals surface area (Å²) in [4.78, 5) is 0. The highest BCUT2D eigenvalue weighted by molar-refractivity contribution is 5.68. The summed E-state index contributed by atoms with van der Waals surface area (Å²) in [6.45, 7) is 2.55. The Morgan fingerprint density at radius 2 is 1.85 bits per heavy atom. The van der Waals surface area contributed by atoms with E-state index in [9.17, 15) is 8.78 Å². The van der Waals surface area contributed by atoms with Gasteiger partial charge in [0.2, 0.25) is 0 Å². The van der Waals surface area contributed by atoms with Gasteiger partial charge in [-0.1, -0.05) is 17.7 Å². The molecular weight excluding hydrogens is 256 g/mol. The van der Waals surface area contributed by atoms with Crippen LogP contribution in [0.5, 0.6) is 0 Å². The first-order valence-corrected chi connectivity index (χ1v) is 6.92. The Labute approximate surface area is 117 Å². The predicted octanol–water partition coefficient (Wildman–Crippen LogP) is 4.19. The zero-order valence-corrected chi connectivity index (χ0v) is 11.4. The monoisotopic (exact) mass is 273 g/mol. The Morgan fingerprint density at radius 1 is 1.05 bits per heavy atom. The lowest BCUT2D eigenvalue weighted by Crippen LogP contribution is -2.16. The predicted molar refractivity (Wildman–Crippen MR) is 76.4 cm³/mol. The number of aryl methyl sites for hydroxylation is 1. The third kappa shape index (κ3) is 2.88. The number of hydrogen-bond donors (Lipinski definition) is 1. The van der Waals surface area contributed by atoms with E-state index in [1.165, 1.54) is 31.0 Å². The lowest BCUT2D eigenvalue weighted by atomic mass is 9.97. The van der Waals surface area contributed by atoms with Gasteiger partial charge >= 0.3 is 0 Å². The molecular formula is C17H17F2N. The minimum Gasteiger partial charge on any atom is -0.310 e. The first-order valence-electron chi connectivity index (χ1n) is 6.92. The number of halogens is 2. The van der Waals surface area contributed by atoms with Crippen LogP contribution >= 0.6 is 0 Å². The van der Waals surface area contributed by atoms with Gasteiger partial charge in [-0.3, -0.25) is 0 Å². The van der Waals surface area contributed by atoms with Crippen LogP contribution in [0.2, 0.25) is 0 Å². The molecule has 3 rings (SSSR count). The second-order valence-electron chi connectivity index (χ2n) is 5.44. The van der Waals surface area contributed by atoms with Crippen LogP contribution in [0.25, 0.3) is 11.1 Å². The fourth-order valence-electron chi connectivity index (χ4n) is 2.34. The molecule has 0 bridgehead atoms. The van der Waals surface area contributed by atoms with Gasteiger partial charge in [-0.05, 0) is 55.2 Å². The van der Waals surface area contributed by atoms with Crippen molar-refractivity contribution in [2.75, 3.05) is 0 Å². The van der Waals surface area contributed by atoms with Crippen LogP contribution in [-0.4, -0.2) is 6.04 Å². The first-order chi connectivity index (χ1) is 9.63. The zero-order chi connectivity index (χ0) is 14.1. The van der Waals surface area contributed by atoms with Crippen LogP contribution in [0.1, 0.15) is 24.0 Å². The Bertz CT molecular complexity index is 633. The van der Waals surface area contributed by atoms with Gasteiger partial charge < -0.3 is 5.32 Å². The van der Waals surface area contributed by atoms with E-state index < -0.39 is 0 Å². The van der Waals surface area contributed by atoms with Crippen LogP contribution in [0, 0.1) is 18.6 Å². The van der Waals surface area contributed by atoms with Crippen molar-refractivity contribution in [2.45, 2.75) is 32.4 Å². The highest BCUT2D eigenvalue weighted by Gasteiger charge is 2.21. The summed E-state index contributed by atoms with van der Waals surface area (Å²) in [7, 11) is 0. The molecule has 1 N–H and O–H groups in total. The van der Waals surface area contributed by atoms with Crippen LogP contribution in [0.15, 0.2) is 36.4 Å². The fourth-order valence-corrected chi connectivity index (χ4v) is 2.34. The van der Waals surface area contributed by atoms with E-state index in [-0.39, 0.29) is 11.6 Å². The topological polar surface area (TPSA) is 12.0 Å². The maximum absolute atomic E-state index is 14.0. The molecule has 20 heavy (non-hydrogen) atoms. The van der Waals surface area contributed by atoms with Gasteiger partial charge in [0.25, 0.3) is 0 Å². The standard InChI is InChI=1S/C17H17F2N/c1-11-2-7-17(19)16(8-11)15-9-13(18)4-3-12(15)10-20-14-5-6-14/h2-4,7-9,14,20H,5-6,10H2,1H3. The zero-order valence-electron chi connectivity index (χ0n) is 11.4. The molecule has 1 fully saturated rings. The van der Waals surface area contributed by atoms with E-state index in [4.69, 9.17) is 0 Å². The molecule has 0 saturated heterocycles. The molecule has 0 unspecified atom stereocenters. The van der Waals surface area contributed by atoms with Crippen LogP contribution in [-0.2, 0) is 6.54 Å². The van der Waals surface area contributed by atoms with Gasteiger partial charge in [0, 0.05) is 18.2 Å². The van der Waals surface area contributed by atoms with Crippen molar-refractivity contribution >= 4 is 0 Å². The van der Waals surface area contributed by atoms with E-state index in [2.05, 4.69) is 5.32 Å². The number of benzene rings is 2. The normalized spacial score (nSPS) is 14.6. The maximum Gasteiger partial charge on any atom is 0.131 e. The van der Waals surface area contributed by atoms with Gasteiger partial charge in [-0.25, -0.2) is 8.78 Å². The fraction of sp³-hybridized carbons (Fsp3) is 0.294. The lowest BCUT2D eigenvalue weighted by Gasteiger charge is -2.12. The van der Waals surface area contributed by atoms with E-state index in [0.29, 0.717) is 23.7 Å². The molecule has 0 radical (unpaired) electrons. The average Bonchev–Trinajstić information content (AvgIpc) is 3.24. The van der Waals surface area contributed by atoms with Crippen molar-refractivity contribution in [2.24, 2.45) is 0 Å². The van der Waals surface area contributed by atoms with Crippen LogP contribution in [0.4, 0.5) is 8.78 Å². The van der Waals surface area contributed by atoms with Crippen molar-refractivity contribution in [1.29, 1.82) is 0 Å². The summed E-state index contributed by atoms with van der Waals surface area (Å²) in [5, 5.41) is 3.39. The number of rotatable bonds is 4. The van der Waals surface area contributed by atoms with Crippen molar-refractivity contribution in [3.05, 3.63) is 59.2 Å². The number of hydrogen-bond acceptors (Lipinski definition) is 1. The summed E-state index contributed by atoms with van der Waals surface area (Å²) in [5.74, 6) is -0.648. The highest BCUT2D eigenvalue weighted by Crippen LogP contribution is 2.29. The summed E-state index contributed by atoms with van der Waals surface area (Å²) >= 11 is 0. The van der Waals surface area contributed by atoms with Crippen molar-refractivity contribution in [1.82, 2.24) is 5.32 Å². The highest BCUT2D eigenvalue weighted by atomic mass is 19.1. The largest absolute Gasteiger partial charge is 0.310 e. The molecule has 0 heterocycles. The minimum atomic E-state index is -0.337. The lowest BCUT2D eigenvalue weighted by molar-refractivity contribution is 0.621. The van der Waals surface area contributed by atoms with Gasteiger partial charge in [0.1, 0.15) is 11.6 Å². The molecule has 1 saturated carbocycles. The Balaban J connectivity index is 2.00. The molecule has 2 aromatic rings. The van der Waals surface area contributed by atoms with Crippen molar-refractivity contribution < 1.29 is 8.78 Å². The van der Waals surface area contributed by atoms with E-state index >= 15 is 0 Å². The number of nitrogens with one attached hydrogen (secondary N) is 1. The average molecular weight is 273 g/mol. The molecule has 104 valence electrons. The van der Waals surface area contributed by atoms with Gasteiger partial charge in [-0.15, -0.1) is 0 Å². The molecule has 3 heteroatoms. The third-order valence-corrected chi connectivity index (χ3v) is 3.64. The second kappa shape index (κ2) is 5.33. The third-order valence-electron chi connectivity index (χ3n) is 3.64. The smallest absolute Gasteiger partial charge is 0.131 e. The Kier molecular flexibility index (Phi) is 3.53. The summed E-state index contributed by atoms with van der Waals surface area (Å²) in [6.07, 6.45) is 2.38. The summed E-state index contributed by atoms with van der Waals surface area (Å²) in [5.41, 5.74) is 3.01. The Hall–Kier alpha value is -1.74. The van der Waals surface area contributed by atoms with Gasteiger partial charge in [-0.2, -0.15) is 0 Å². The molecule has 0 aromatic heterocycles. The minimum absolute atomic E-state index is 0.311. The summed E-state index contributed by atoms with van der Waals surface area (Å²) < 4.78 is 27.6.